The molecule has 3 saturated carbocycles. The number of aliphatic hydroxyl groups is 7. The summed E-state index contributed by atoms with van der Waals surface area (Å²) in [5.41, 5.74) is 1.57. The molecule has 8 fully saturated rings. The summed E-state index contributed by atoms with van der Waals surface area (Å²) in [4.78, 5) is 0. The number of aliphatic hydroxyl groups excluding tert-OH is 7. The zero-order chi connectivity index (χ0) is 44.2. The molecule has 0 radical (unpaired) electrons. The van der Waals surface area contributed by atoms with Gasteiger partial charge in [0, 0.05) is 19.4 Å². The van der Waals surface area contributed by atoms with Crippen LogP contribution in [-0.2, 0) is 42.6 Å². The minimum absolute atomic E-state index is 0.00414. The predicted octanol–water partition coefficient (Wildman–Crippen LogP) is 1.90. The lowest BCUT2D eigenvalue weighted by Crippen LogP contribution is -2.66. The van der Waals surface area contributed by atoms with Crippen LogP contribution < -0.4 is 0 Å². The van der Waals surface area contributed by atoms with Crippen molar-refractivity contribution in [3.05, 3.63) is 11.6 Å². The van der Waals surface area contributed by atoms with Gasteiger partial charge in [-0.1, -0.05) is 39.3 Å². The molecule has 9 aliphatic rings. The number of allylic oxidation sites excluding steroid dienone is 1. The third kappa shape index (κ3) is 7.50. The molecule has 0 aromatic heterocycles. The molecule has 16 nitrogen and oxygen atoms in total. The van der Waals surface area contributed by atoms with Crippen molar-refractivity contribution in [2.24, 2.45) is 46.3 Å². The van der Waals surface area contributed by atoms with Gasteiger partial charge in [0.05, 0.1) is 37.6 Å². The van der Waals surface area contributed by atoms with Gasteiger partial charge in [-0.2, -0.15) is 0 Å². The summed E-state index contributed by atoms with van der Waals surface area (Å²) in [6.45, 7) is 12.9. The van der Waals surface area contributed by atoms with Crippen LogP contribution in [0, 0.1) is 46.3 Å². The predicted molar refractivity (Wildman–Crippen MR) is 218 cm³/mol. The molecular weight excluding hydrogens is 808 g/mol. The fourth-order valence-corrected chi connectivity index (χ4v) is 14.2. The average molecular weight is 883 g/mol. The molecule has 0 aromatic carbocycles. The molecule has 0 unspecified atom stereocenters. The van der Waals surface area contributed by atoms with Gasteiger partial charge in [-0.25, -0.2) is 0 Å². The Labute approximate surface area is 365 Å². The monoisotopic (exact) mass is 882 g/mol. The molecule has 16 heteroatoms. The lowest BCUT2D eigenvalue weighted by atomic mass is 9.47. The molecular formula is C46H74O16. The van der Waals surface area contributed by atoms with Crippen molar-refractivity contribution < 1.29 is 78.4 Å². The molecule has 5 heterocycles. The van der Waals surface area contributed by atoms with Crippen LogP contribution >= 0.6 is 0 Å². The van der Waals surface area contributed by atoms with Gasteiger partial charge >= 0.3 is 0 Å². The van der Waals surface area contributed by atoms with E-state index < -0.39 is 105 Å². The standard InChI is InChI=1S/C46H74O16/c1-20-10-15-46(55-19-20)21(2)31-29(62-46)17-28-26-9-8-24-16-25(11-13-44(24,5)27(26)12-14-45(28,31)6)58-43-40(61-42-37(53)39(54-7)33(49)23(4)57-42)36(52)38(30(18-47)59-43)60-41-35(51)34(50)32(48)22(3)56-41/h8,20-23,25-43,47-53H,9-19H2,1-7H3/t20-,21+,22+,23+,25+,26-,27+,28+,29+,30-,31+,32+,33+,34-,35-,36+,37-,38-,39-,40-,41+,42+,43-,44+,45+,46-/m1/s1. The fourth-order valence-electron chi connectivity index (χ4n) is 14.2. The molecule has 0 aromatic rings. The first-order valence-corrected chi connectivity index (χ1v) is 23.6. The highest BCUT2D eigenvalue weighted by Crippen LogP contribution is 2.70. The number of hydrogen-bond acceptors (Lipinski definition) is 16. The van der Waals surface area contributed by atoms with E-state index in [-0.39, 0.29) is 23.0 Å². The molecule has 354 valence electrons. The molecule has 0 amide bonds. The van der Waals surface area contributed by atoms with Crippen LogP contribution in [0.2, 0.25) is 0 Å². The normalized spacial score (nSPS) is 57.6. The van der Waals surface area contributed by atoms with Gasteiger partial charge in [0.25, 0.3) is 0 Å². The molecule has 5 saturated heterocycles. The first-order valence-electron chi connectivity index (χ1n) is 23.6. The smallest absolute Gasteiger partial charge is 0.187 e. The van der Waals surface area contributed by atoms with Crippen molar-refractivity contribution in [3.63, 3.8) is 0 Å². The minimum atomic E-state index is -1.69. The van der Waals surface area contributed by atoms with E-state index in [1.165, 1.54) is 32.4 Å². The summed E-state index contributed by atoms with van der Waals surface area (Å²) < 4.78 is 56.0. The SMILES string of the molecule is CO[C@@H]1[C@@H](O)[C@H](C)O[C@@H](O[C@H]2[C@H](O[C@H]3CC[C@@]4(C)C(=CC[C@H]5[C@@H]6C[C@@H]7O[C@]8(CC[C@@H](C)CO8)[C@@H](C)[C@@H]7[C@@]6(C)CC[C@@H]54)C3)O[C@H](CO)[C@@H](O[C@@H]3O[C@@H](C)[C@H](O)[C@@H](O)[C@H]3O)[C@@H]2O)[C@@H]1O. The number of ether oxygens (including phenoxy) is 9. The highest BCUT2D eigenvalue weighted by molar-refractivity contribution is 5.26. The summed E-state index contributed by atoms with van der Waals surface area (Å²) in [6.07, 6.45) is -8.66. The maximum Gasteiger partial charge on any atom is 0.187 e. The Morgan fingerprint density at radius 2 is 1.42 bits per heavy atom. The van der Waals surface area contributed by atoms with E-state index in [4.69, 9.17) is 42.6 Å². The maximum absolute atomic E-state index is 12.1. The summed E-state index contributed by atoms with van der Waals surface area (Å²) in [5.74, 6) is 2.69. The Morgan fingerprint density at radius 3 is 2.11 bits per heavy atom. The Kier molecular flexibility index (Phi) is 12.9. The molecule has 1 spiro atoms. The summed E-state index contributed by atoms with van der Waals surface area (Å²) in [5, 5.41) is 76.2. The topological polar surface area (TPSA) is 225 Å². The van der Waals surface area contributed by atoms with E-state index in [1.54, 1.807) is 6.92 Å². The van der Waals surface area contributed by atoms with Crippen LogP contribution in [0.5, 0.6) is 0 Å². The second-order valence-corrected chi connectivity index (χ2v) is 21.3. The highest BCUT2D eigenvalue weighted by atomic mass is 16.8. The van der Waals surface area contributed by atoms with E-state index in [0.29, 0.717) is 48.3 Å². The van der Waals surface area contributed by atoms with Crippen molar-refractivity contribution in [3.8, 4) is 0 Å². The third-order valence-corrected chi connectivity index (χ3v) is 17.9. The van der Waals surface area contributed by atoms with E-state index in [9.17, 15) is 35.7 Å². The van der Waals surface area contributed by atoms with Gasteiger partial charge in [0.2, 0.25) is 0 Å². The number of fused-ring (bicyclic) bond motifs is 7. The summed E-state index contributed by atoms with van der Waals surface area (Å²) >= 11 is 0. The van der Waals surface area contributed by atoms with Crippen LogP contribution in [0.25, 0.3) is 0 Å². The van der Waals surface area contributed by atoms with E-state index in [0.717, 1.165) is 38.7 Å². The Balaban J connectivity index is 0.920. The molecule has 26 atom stereocenters. The highest BCUT2D eigenvalue weighted by Gasteiger charge is 2.69. The molecule has 7 N–H and O–H groups in total. The van der Waals surface area contributed by atoms with Crippen LogP contribution in [0.3, 0.4) is 0 Å². The molecule has 62 heavy (non-hydrogen) atoms. The second-order valence-electron chi connectivity index (χ2n) is 21.3. The summed E-state index contributed by atoms with van der Waals surface area (Å²) in [7, 11) is 1.36. The second kappa shape index (κ2) is 17.3. The van der Waals surface area contributed by atoms with Crippen molar-refractivity contribution in [1.29, 1.82) is 0 Å². The maximum atomic E-state index is 12.1. The van der Waals surface area contributed by atoms with Crippen molar-refractivity contribution >= 4 is 0 Å². The van der Waals surface area contributed by atoms with Crippen molar-refractivity contribution in [2.45, 2.75) is 209 Å². The zero-order valence-corrected chi connectivity index (χ0v) is 37.4. The van der Waals surface area contributed by atoms with Gasteiger partial charge in [0.1, 0.15) is 61.0 Å². The van der Waals surface area contributed by atoms with E-state index >= 15 is 0 Å². The molecule has 0 bridgehead atoms. The van der Waals surface area contributed by atoms with Gasteiger partial charge in [-0.3, -0.25) is 0 Å². The first-order chi connectivity index (χ1) is 29.4. The molecule has 4 aliphatic carbocycles. The lowest BCUT2D eigenvalue weighted by molar-refractivity contribution is -0.389. The quantitative estimate of drug-likeness (QED) is 0.173. The van der Waals surface area contributed by atoms with Crippen LogP contribution in [0.4, 0.5) is 0 Å². The van der Waals surface area contributed by atoms with Crippen molar-refractivity contribution in [1.82, 2.24) is 0 Å². The van der Waals surface area contributed by atoms with Crippen molar-refractivity contribution in [2.75, 3.05) is 20.3 Å². The number of methoxy groups -OCH3 is 1. The Bertz CT molecular complexity index is 1610. The van der Waals surface area contributed by atoms with Crippen LogP contribution in [-0.4, -0.2) is 166 Å². The third-order valence-electron chi connectivity index (χ3n) is 17.9. The first kappa shape index (κ1) is 46.2. The number of hydrogen-bond donors (Lipinski definition) is 7. The molecule has 9 rings (SSSR count). The van der Waals surface area contributed by atoms with Gasteiger partial charge in [0.15, 0.2) is 24.7 Å². The van der Waals surface area contributed by atoms with Crippen LogP contribution in [0.15, 0.2) is 11.6 Å². The van der Waals surface area contributed by atoms with Gasteiger partial charge < -0.3 is 78.4 Å². The zero-order valence-electron chi connectivity index (χ0n) is 37.4. The van der Waals surface area contributed by atoms with Gasteiger partial charge in [-0.05, 0) is 106 Å². The van der Waals surface area contributed by atoms with Crippen LogP contribution in [0.1, 0.15) is 99.3 Å². The largest absolute Gasteiger partial charge is 0.394 e. The molecule has 5 aliphatic heterocycles. The fraction of sp³-hybridized carbons (Fsp3) is 0.957. The lowest BCUT2D eigenvalue weighted by Gasteiger charge is -2.59. The van der Waals surface area contributed by atoms with E-state index in [1.807, 2.05) is 0 Å². The number of rotatable bonds is 8. The Morgan fingerprint density at radius 1 is 0.710 bits per heavy atom. The summed E-state index contributed by atoms with van der Waals surface area (Å²) in [6, 6.07) is 0. The van der Waals surface area contributed by atoms with Gasteiger partial charge in [-0.15, -0.1) is 0 Å². The van der Waals surface area contributed by atoms with E-state index in [2.05, 4.69) is 33.8 Å². The average Bonchev–Trinajstić information content (AvgIpc) is 3.70. The minimum Gasteiger partial charge on any atom is -0.394 e. The Hall–Kier alpha value is -0.900.